The molecule has 0 spiro atoms. The van der Waals surface area contributed by atoms with Crippen LogP contribution < -0.4 is 4.74 Å². The summed E-state index contributed by atoms with van der Waals surface area (Å²) in [6.07, 6.45) is 2.76. The molecule has 1 unspecified atom stereocenters. The summed E-state index contributed by atoms with van der Waals surface area (Å²) in [5.41, 5.74) is 0. The van der Waals surface area contributed by atoms with Crippen LogP contribution in [0, 0.1) is 17.6 Å². The second-order valence-corrected chi connectivity index (χ2v) is 6.55. The van der Waals surface area contributed by atoms with Gasteiger partial charge in [-0.1, -0.05) is 12.2 Å². The van der Waals surface area contributed by atoms with Crippen molar-refractivity contribution >= 4 is 16.0 Å². The number of aliphatic carboxylic acids is 1. The van der Waals surface area contributed by atoms with Gasteiger partial charge in [-0.3, -0.25) is 4.79 Å². The standard InChI is InChI=1S/C13H13F2NO5S/c1-21-12-10(14)5-9(6-11(12)15)22(19,20)16-4-2-3-8(7-16)13(17)18/h2-3,5-6,8H,4,7H2,1H3,(H,17,18). The first-order valence-electron chi connectivity index (χ1n) is 6.20. The summed E-state index contributed by atoms with van der Waals surface area (Å²) >= 11 is 0. The number of benzene rings is 1. The lowest BCUT2D eigenvalue weighted by atomic mass is 10.1. The van der Waals surface area contributed by atoms with Crippen molar-refractivity contribution in [3.8, 4) is 5.75 Å². The van der Waals surface area contributed by atoms with E-state index in [-0.39, 0.29) is 13.1 Å². The van der Waals surface area contributed by atoms with Gasteiger partial charge in [0, 0.05) is 13.1 Å². The topological polar surface area (TPSA) is 83.9 Å². The van der Waals surface area contributed by atoms with Gasteiger partial charge in [-0.2, -0.15) is 4.31 Å². The van der Waals surface area contributed by atoms with E-state index >= 15 is 0 Å². The van der Waals surface area contributed by atoms with Crippen LogP contribution in [0.25, 0.3) is 0 Å². The maximum Gasteiger partial charge on any atom is 0.311 e. The van der Waals surface area contributed by atoms with E-state index in [1.54, 1.807) is 0 Å². The number of carboxylic acids is 1. The molecular weight excluding hydrogens is 320 g/mol. The molecule has 1 heterocycles. The molecule has 1 atom stereocenters. The third kappa shape index (κ3) is 2.95. The number of hydrogen-bond acceptors (Lipinski definition) is 4. The summed E-state index contributed by atoms with van der Waals surface area (Å²) in [4.78, 5) is 10.4. The Morgan fingerprint density at radius 1 is 1.36 bits per heavy atom. The highest BCUT2D eigenvalue weighted by molar-refractivity contribution is 7.89. The number of methoxy groups -OCH3 is 1. The van der Waals surface area contributed by atoms with Crippen LogP contribution in [0.2, 0.25) is 0 Å². The molecule has 1 aliphatic heterocycles. The van der Waals surface area contributed by atoms with Crippen molar-refractivity contribution in [3.63, 3.8) is 0 Å². The van der Waals surface area contributed by atoms with Gasteiger partial charge in [-0.15, -0.1) is 0 Å². The SMILES string of the molecule is COc1c(F)cc(S(=O)(=O)N2CC=CC(C(=O)O)C2)cc1F. The lowest BCUT2D eigenvalue weighted by Gasteiger charge is -2.26. The zero-order chi connectivity index (χ0) is 16.5. The fourth-order valence-electron chi connectivity index (χ4n) is 2.08. The van der Waals surface area contributed by atoms with Crippen LogP contribution in [0.5, 0.6) is 5.75 Å². The third-order valence-corrected chi connectivity index (χ3v) is 5.02. The number of ether oxygens (including phenoxy) is 1. The minimum Gasteiger partial charge on any atom is -0.491 e. The summed E-state index contributed by atoms with van der Waals surface area (Å²) in [7, 11) is -3.16. The summed E-state index contributed by atoms with van der Waals surface area (Å²) in [5, 5.41) is 8.94. The van der Waals surface area contributed by atoms with Crippen molar-refractivity contribution in [1.29, 1.82) is 0 Å². The maximum absolute atomic E-state index is 13.7. The van der Waals surface area contributed by atoms with Gasteiger partial charge in [0.1, 0.15) is 0 Å². The van der Waals surface area contributed by atoms with Gasteiger partial charge in [0.15, 0.2) is 17.4 Å². The fourth-order valence-corrected chi connectivity index (χ4v) is 3.53. The van der Waals surface area contributed by atoms with Crippen molar-refractivity contribution in [2.75, 3.05) is 20.2 Å². The Labute approximate surface area is 125 Å². The molecule has 1 aromatic carbocycles. The van der Waals surface area contributed by atoms with Crippen LogP contribution in [0.3, 0.4) is 0 Å². The highest BCUT2D eigenvalue weighted by Gasteiger charge is 2.32. The maximum atomic E-state index is 13.7. The summed E-state index contributed by atoms with van der Waals surface area (Å²) in [6, 6.07) is 1.29. The Morgan fingerprint density at radius 2 is 1.95 bits per heavy atom. The minimum atomic E-state index is -4.22. The smallest absolute Gasteiger partial charge is 0.311 e. The van der Waals surface area contributed by atoms with Crippen LogP contribution in [0.1, 0.15) is 0 Å². The van der Waals surface area contributed by atoms with Crippen LogP contribution >= 0.6 is 0 Å². The van der Waals surface area contributed by atoms with Gasteiger partial charge in [-0.25, -0.2) is 17.2 Å². The summed E-state index contributed by atoms with van der Waals surface area (Å²) in [5.74, 6) is -5.16. The molecule has 1 N–H and O–H groups in total. The molecule has 1 aliphatic rings. The van der Waals surface area contributed by atoms with Crippen molar-refractivity contribution < 1.29 is 31.8 Å². The zero-order valence-electron chi connectivity index (χ0n) is 11.5. The van der Waals surface area contributed by atoms with Gasteiger partial charge in [0.2, 0.25) is 10.0 Å². The predicted octanol–water partition coefficient (Wildman–Crippen LogP) is 1.23. The van der Waals surface area contributed by atoms with Crippen molar-refractivity contribution in [2.24, 2.45) is 5.92 Å². The number of halogens is 2. The van der Waals surface area contributed by atoms with E-state index in [1.807, 2.05) is 0 Å². The Morgan fingerprint density at radius 3 is 2.45 bits per heavy atom. The van der Waals surface area contributed by atoms with Gasteiger partial charge in [0.25, 0.3) is 0 Å². The van der Waals surface area contributed by atoms with Crippen molar-refractivity contribution in [1.82, 2.24) is 4.31 Å². The molecule has 22 heavy (non-hydrogen) atoms. The lowest BCUT2D eigenvalue weighted by molar-refractivity contribution is -0.140. The van der Waals surface area contributed by atoms with Crippen molar-refractivity contribution in [3.05, 3.63) is 35.9 Å². The minimum absolute atomic E-state index is 0.0681. The van der Waals surface area contributed by atoms with Gasteiger partial charge in [0.05, 0.1) is 17.9 Å². The first-order valence-corrected chi connectivity index (χ1v) is 7.64. The largest absolute Gasteiger partial charge is 0.491 e. The molecule has 0 saturated carbocycles. The Kier molecular flexibility index (Phi) is 4.47. The Balaban J connectivity index is 2.39. The predicted molar refractivity (Wildman–Crippen MR) is 71.9 cm³/mol. The summed E-state index contributed by atoms with van der Waals surface area (Å²) < 4.78 is 57.4. The van der Waals surface area contributed by atoms with Crippen molar-refractivity contribution in [2.45, 2.75) is 4.90 Å². The van der Waals surface area contributed by atoms with Gasteiger partial charge < -0.3 is 9.84 Å². The molecule has 0 fully saturated rings. The number of nitrogens with zero attached hydrogens (tertiary/aromatic N) is 1. The molecule has 0 aliphatic carbocycles. The number of carbonyl (C=O) groups is 1. The molecule has 1 aromatic rings. The molecule has 0 saturated heterocycles. The number of sulfonamides is 1. The normalized spacial score (nSPS) is 19.1. The molecule has 0 bridgehead atoms. The second-order valence-electron chi connectivity index (χ2n) is 4.62. The Hall–Kier alpha value is -2.00. The van der Waals surface area contributed by atoms with E-state index in [1.165, 1.54) is 12.2 Å². The average molecular weight is 333 g/mol. The quantitative estimate of drug-likeness (QED) is 0.838. The van der Waals surface area contributed by atoms with Crippen LogP contribution in [0.15, 0.2) is 29.2 Å². The van der Waals surface area contributed by atoms with E-state index in [4.69, 9.17) is 5.11 Å². The van der Waals surface area contributed by atoms with E-state index in [2.05, 4.69) is 4.74 Å². The Bertz CT molecular complexity index is 709. The number of hydrogen-bond donors (Lipinski definition) is 1. The van der Waals surface area contributed by atoms with Crippen LogP contribution in [-0.2, 0) is 14.8 Å². The number of carboxylic acid groups (broad SMARTS) is 1. The highest BCUT2D eigenvalue weighted by atomic mass is 32.2. The molecule has 0 amide bonds. The molecule has 9 heteroatoms. The van der Waals surface area contributed by atoms with E-state index in [0.29, 0.717) is 12.1 Å². The van der Waals surface area contributed by atoms with Gasteiger partial charge in [-0.05, 0) is 12.1 Å². The van der Waals surface area contributed by atoms with E-state index in [9.17, 15) is 22.0 Å². The molecule has 2 rings (SSSR count). The average Bonchev–Trinajstić information content (AvgIpc) is 2.47. The monoisotopic (exact) mass is 333 g/mol. The van der Waals surface area contributed by atoms with E-state index < -0.39 is 44.2 Å². The molecule has 0 radical (unpaired) electrons. The van der Waals surface area contributed by atoms with E-state index in [0.717, 1.165) is 11.4 Å². The number of rotatable bonds is 4. The first-order chi connectivity index (χ1) is 10.3. The molecule has 0 aromatic heterocycles. The molecule has 6 nitrogen and oxygen atoms in total. The third-order valence-electron chi connectivity index (χ3n) is 3.21. The lowest BCUT2D eigenvalue weighted by Crippen LogP contribution is -2.39. The molecule has 120 valence electrons. The molecular formula is C13H13F2NO5S. The van der Waals surface area contributed by atoms with Crippen LogP contribution in [0.4, 0.5) is 8.78 Å². The zero-order valence-corrected chi connectivity index (χ0v) is 12.3. The summed E-state index contributed by atoms with van der Waals surface area (Å²) in [6.45, 7) is -0.370. The first kappa shape index (κ1) is 16.4. The second kappa shape index (κ2) is 6.01. The van der Waals surface area contributed by atoms with Crippen LogP contribution in [-0.4, -0.2) is 44.0 Å². The fraction of sp³-hybridized carbons (Fsp3) is 0.308. The highest BCUT2D eigenvalue weighted by Crippen LogP contribution is 2.28. The van der Waals surface area contributed by atoms with Gasteiger partial charge >= 0.3 is 5.97 Å².